The first-order valence-electron chi connectivity index (χ1n) is 5.58. The average molecular weight is 234 g/mol. The van der Waals surface area contributed by atoms with Crippen molar-refractivity contribution in [2.45, 2.75) is 24.9 Å². The van der Waals surface area contributed by atoms with Crippen LogP contribution in [0.1, 0.15) is 29.6 Å². The smallest absolute Gasteiger partial charge is 0.201 e. The highest BCUT2D eigenvalue weighted by atomic mass is 16.5. The first kappa shape index (κ1) is 11.8. The van der Waals surface area contributed by atoms with Gasteiger partial charge in [-0.15, -0.1) is 0 Å². The van der Waals surface area contributed by atoms with Gasteiger partial charge in [-0.1, -0.05) is 12.1 Å². The topological polar surface area (TPSA) is 63.6 Å². The maximum Gasteiger partial charge on any atom is 0.201 e. The van der Waals surface area contributed by atoms with Crippen LogP contribution in [0.15, 0.2) is 24.3 Å². The molecule has 0 bridgehead atoms. The number of carbonyl (C=O) groups is 2. The van der Waals surface area contributed by atoms with Gasteiger partial charge in [-0.2, -0.15) is 0 Å². The number of hydrogen-bond acceptors (Lipinski definition) is 4. The lowest BCUT2D eigenvalue weighted by atomic mass is 9.77. The first-order valence-corrected chi connectivity index (χ1v) is 5.58. The van der Waals surface area contributed by atoms with Crippen LogP contribution in [0.4, 0.5) is 0 Å². The molecular formula is C13H14O4. The molecule has 0 aromatic heterocycles. The molecule has 0 aliphatic heterocycles. The van der Waals surface area contributed by atoms with Crippen molar-refractivity contribution in [3.8, 4) is 5.75 Å². The molecule has 0 saturated heterocycles. The van der Waals surface area contributed by atoms with E-state index in [1.54, 1.807) is 24.3 Å². The van der Waals surface area contributed by atoms with Crippen LogP contribution in [-0.2, 0) is 4.79 Å². The van der Waals surface area contributed by atoms with Crippen molar-refractivity contribution in [3.05, 3.63) is 29.8 Å². The molecule has 0 spiro atoms. The standard InChI is InChI=1S/C13H14O4/c14-8-10-3-1-4-11(7-10)17-9-12(15)13(16)5-2-6-13/h1,3-4,7-8,16H,2,5-6,9H2. The molecule has 90 valence electrons. The Bertz CT molecular complexity index is 435. The summed E-state index contributed by atoms with van der Waals surface area (Å²) in [5, 5.41) is 9.77. The van der Waals surface area contributed by atoms with Crippen molar-refractivity contribution in [3.63, 3.8) is 0 Å². The van der Waals surface area contributed by atoms with Crippen LogP contribution in [0.25, 0.3) is 0 Å². The Hall–Kier alpha value is -1.68. The second-order valence-corrected chi connectivity index (χ2v) is 4.29. The van der Waals surface area contributed by atoms with E-state index in [1.165, 1.54) is 0 Å². The predicted molar refractivity (Wildman–Crippen MR) is 61.1 cm³/mol. The monoisotopic (exact) mass is 234 g/mol. The molecule has 2 rings (SSSR count). The van der Waals surface area contributed by atoms with E-state index in [-0.39, 0.29) is 12.4 Å². The number of aldehydes is 1. The molecule has 1 saturated carbocycles. The Morgan fingerprint density at radius 1 is 1.47 bits per heavy atom. The number of hydrogen-bond donors (Lipinski definition) is 1. The normalized spacial score (nSPS) is 17.0. The summed E-state index contributed by atoms with van der Waals surface area (Å²) in [4.78, 5) is 22.2. The molecule has 1 fully saturated rings. The lowest BCUT2D eigenvalue weighted by molar-refractivity contribution is -0.148. The average Bonchev–Trinajstić information content (AvgIpc) is 2.33. The predicted octanol–water partition coefficient (Wildman–Crippen LogP) is 1.36. The van der Waals surface area contributed by atoms with Crippen molar-refractivity contribution in [1.29, 1.82) is 0 Å². The molecule has 0 radical (unpaired) electrons. The van der Waals surface area contributed by atoms with E-state index in [2.05, 4.69) is 0 Å². The number of Topliss-reactive ketones (excluding diaryl/α,β-unsaturated/α-hetero) is 1. The second-order valence-electron chi connectivity index (χ2n) is 4.29. The van der Waals surface area contributed by atoms with Gasteiger partial charge in [0.25, 0.3) is 0 Å². The van der Waals surface area contributed by atoms with E-state index >= 15 is 0 Å². The van der Waals surface area contributed by atoms with Crippen LogP contribution in [0.2, 0.25) is 0 Å². The Balaban J connectivity index is 1.93. The number of benzene rings is 1. The van der Waals surface area contributed by atoms with E-state index in [9.17, 15) is 14.7 Å². The molecule has 1 N–H and O–H groups in total. The van der Waals surface area contributed by atoms with Crippen LogP contribution in [0, 0.1) is 0 Å². The van der Waals surface area contributed by atoms with Gasteiger partial charge in [0.05, 0.1) is 0 Å². The quantitative estimate of drug-likeness (QED) is 0.781. The third-order valence-corrected chi connectivity index (χ3v) is 3.06. The molecule has 0 atom stereocenters. The fraction of sp³-hybridized carbons (Fsp3) is 0.385. The van der Waals surface area contributed by atoms with Gasteiger partial charge >= 0.3 is 0 Å². The van der Waals surface area contributed by atoms with Crippen LogP contribution < -0.4 is 4.74 Å². The molecular weight excluding hydrogens is 220 g/mol. The lowest BCUT2D eigenvalue weighted by Crippen LogP contribution is -2.47. The Kier molecular flexibility index (Phi) is 3.24. The number of carbonyl (C=O) groups excluding carboxylic acids is 2. The van der Waals surface area contributed by atoms with Crippen LogP contribution >= 0.6 is 0 Å². The van der Waals surface area contributed by atoms with Crippen LogP contribution in [0.5, 0.6) is 5.75 Å². The van der Waals surface area contributed by atoms with Gasteiger partial charge in [-0.25, -0.2) is 0 Å². The van der Waals surface area contributed by atoms with E-state index in [0.717, 1.165) is 6.42 Å². The Labute approximate surface area is 99.2 Å². The zero-order valence-corrected chi connectivity index (χ0v) is 9.39. The van der Waals surface area contributed by atoms with Crippen LogP contribution in [0.3, 0.4) is 0 Å². The molecule has 1 aliphatic carbocycles. The van der Waals surface area contributed by atoms with Gasteiger partial charge in [-0.05, 0) is 31.4 Å². The van der Waals surface area contributed by atoms with Crippen molar-refractivity contribution in [2.24, 2.45) is 0 Å². The van der Waals surface area contributed by atoms with Crippen LogP contribution in [-0.4, -0.2) is 29.4 Å². The zero-order valence-electron chi connectivity index (χ0n) is 9.39. The SMILES string of the molecule is O=Cc1cccc(OCC(=O)C2(O)CCC2)c1. The van der Waals surface area contributed by atoms with Crippen molar-refractivity contribution in [2.75, 3.05) is 6.61 Å². The molecule has 1 aromatic carbocycles. The van der Waals surface area contributed by atoms with E-state index < -0.39 is 5.60 Å². The largest absolute Gasteiger partial charge is 0.486 e. The van der Waals surface area contributed by atoms with E-state index in [4.69, 9.17) is 4.74 Å². The van der Waals surface area contributed by atoms with Gasteiger partial charge in [0.1, 0.15) is 24.2 Å². The molecule has 1 aliphatic rings. The van der Waals surface area contributed by atoms with E-state index in [0.29, 0.717) is 30.4 Å². The highest BCUT2D eigenvalue weighted by Crippen LogP contribution is 2.32. The summed E-state index contributed by atoms with van der Waals surface area (Å²) in [5.74, 6) is 0.172. The third kappa shape index (κ3) is 2.53. The molecule has 4 heteroatoms. The fourth-order valence-corrected chi connectivity index (χ4v) is 1.75. The second kappa shape index (κ2) is 4.67. The van der Waals surface area contributed by atoms with Gasteiger partial charge in [0.2, 0.25) is 5.78 Å². The van der Waals surface area contributed by atoms with Gasteiger partial charge in [0, 0.05) is 5.56 Å². The summed E-state index contributed by atoms with van der Waals surface area (Å²) in [6, 6.07) is 6.57. The number of aliphatic hydroxyl groups is 1. The van der Waals surface area contributed by atoms with Gasteiger partial charge < -0.3 is 9.84 Å². The summed E-state index contributed by atoms with van der Waals surface area (Å²) in [6.07, 6.45) is 2.63. The minimum Gasteiger partial charge on any atom is -0.486 e. The highest BCUT2D eigenvalue weighted by Gasteiger charge is 2.41. The van der Waals surface area contributed by atoms with Crippen molar-refractivity contribution < 1.29 is 19.4 Å². The Morgan fingerprint density at radius 2 is 2.24 bits per heavy atom. The molecule has 4 nitrogen and oxygen atoms in total. The number of rotatable bonds is 5. The fourth-order valence-electron chi connectivity index (χ4n) is 1.75. The number of ketones is 1. The van der Waals surface area contributed by atoms with Gasteiger partial charge in [-0.3, -0.25) is 9.59 Å². The van der Waals surface area contributed by atoms with E-state index in [1.807, 2.05) is 0 Å². The third-order valence-electron chi connectivity index (χ3n) is 3.06. The van der Waals surface area contributed by atoms with Gasteiger partial charge in [0.15, 0.2) is 0 Å². The lowest BCUT2D eigenvalue weighted by Gasteiger charge is -2.34. The minimum atomic E-state index is -1.18. The molecule has 0 amide bonds. The summed E-state index contributed by atoms with van der Waals surface area (Å²) < 4.78 is 5.26. The van der Waals surface area contributed by atoms with Crippen molar-refractivity contribution >= 4 is 12.1 Å². The zero-order chi connectivity index (χ0) is 12.3. The summed E-state index contributed by atoms with van der Waals surface area (Å²) >= 11 is 0. The highest BCUT2D eigenvalue weighted by molar-refractivity contribution is 5.89. The summed E-state index contributed by atoms with van der Waals surface area (Å²) in [6.45, 7) is -0.154. The minimum absolute atomic E-state index is 0.154. The molecule has 1 aromatic rings. The van der Waals surface area contributed by atoms with Crippen molar-refractivity contribution in [1.82, 2.24) is 0 Å². The summed E-state index contributed by atoms with van der Waals surface area (Å²) in [7, 11) is 0. The molecule has 0 heterocycles. The maximum absolute atomic E-state index is 11.6. The number of ether oxygens (including phenoxy) is 1. The molecule has 0 unspecified atom stereocenters. The summed E-state index contributed by atoms with van der Waals surface area (Å²) in [5.41, 5.74) is -0.681. The Morgan fingerprint density at radius 3 is 2.82 bits per heavy atom. The molecule has 17 heavy (non-hydrogen) atoms. The maximum atomic E-state index is 11.6. The first-order chi connectivity index (χ1) is 8.14.